The highest BCUT2D eigenvalue weighted by Crippen LogP contribution is 2.34. The van der Waals surface area contributed by atoms with E-state index in [1.807, 2.05) is 12.3 Å². The number of hydrogen-bond acceptors (Lipinski definition) is 6. The van der Waals surface area contributed by atoms with Gasteiger partial charge in [-0.1, -0.05) is 12.1 Å². The number of anilines is 1. The van der Waals surface area contributed by atoms with Gasteiger partial charge in [0.25, 0.3) is 11.5 Å². The molecular formula is C25H20FN3O4S. The van der Waals surface area contributed by atoms with E-state index in [1.54, 1.807) is 42.2 Å². The largest absolute Gasteiger partial charge is 0.482 e. The lowest BCUT2D eigenvalue weighted by Gasteiger charge is -2.28. The highest BCUT2D eigenvalue weighted by Gasteiger charge is 2.27. The van der Waals surface area contributed by atoms with Crippen LogP contribution >= 0.6 is 11.3 Å². The quantitative estimate of drug-likeness (QED) is 0.397. The van der Waals surface area contributed by atoms with Gasteiger partial charge in [0.15, 0.2) is 12.4 Å². The van der Waals surface area contributed by atoms with Crippen LogP contribution in [-0.4, -0.2) is 34.4 Å². The molecule has 2 aromatic carbocycles. The van der Waals surface area contributed by atoms with Gasteiger partial charge in [-0.25, -0.2) is 9.37 Å². The SMILES string of the molecule is CCN1C(=O)COc2ccc(C(=O)C(C)n3cnc4scc(-c5ccc(F)cc5)c4c3=O)cc21. The lowest BCUT2D eigenvalue weighted by atomic mass is 10.0. The molecule has 1 atom stereocenters. The average molecular weight is 478 g/mol. The summed E-state index contributed by atoms with van der Waals surface area (Å²) >= 11 is 1.32. The molecule has 3 heterocycles. The molecule has 0 saturated heterocycles. The van der Waals surface area contributed by atoms with Gasteiger partial charge in [0.1, 0.15) is 16.4 Å². The van der Waals surface area contributed by atoms with Crippen LogP contribution in [0.4, 0.5) is 10.1 Å². The van der Waals surface area contributed by atoms with Crippen molar-refractivity contribution in [3.63, 3.8) is 0 Å². The Hall–Kier alpha value is -3.85. The van der Waals surface area contributed by atoms with Gasteiger partial charge in [0, 0.05) is 23.1 Å². The lowest BCUT2D eigenvalue weighted by molar-refractivity contribution is -0.121. The molecule has 2 aromatic heterocycles. The predicted molar refractivity (Wildman–Crippen MR) is 128 cm³/mol. The Balaban J connectivity index is 1.54. The molecule has 0 spiro atoms. The fourth-order valence-corrected chi connectivity index (χ4v) is 5.04. The van der Waals surface area contributed by atoms with E-state index in [0.717, 1.165) is 0 Å². The van der Waals surface area contributed by atoms with Crippen LogP contribution in [0.5, 0.6) is 5.75 Å². The first kappa shape index (κ1) is 22.0. The topological polar surface area (TPSA) is 81.5 Å². The second-order valence-electron chi connectivity index (χ2n) is 7.94. The maximum atomic E-state index is 13.4. The molecule has 0 saturated carbocycles. The van der Waals surface area contributed by atoms with Crippen molar-refractivity contribution in [2.45, 2.75) is 19.9 Å². The lowest BCUT2D eigenvalue weighted by Crippen LogP contribution is -2.38. The van der Waals surface area contributed by atoms with Crippen molar-refractivity contribution in [3.05, 3.63) is 75.9 Å². The highest BCUT2D eigenvalue weighted by molar-refractivity contribution is 7.17. The van der Waals surface area contributed by atoms with E-state index in [0.29, 0.717) is 44.9 Å². The summed E-state index contributed by atoms with van der Waals surface area (Å²) in [6, 6.07) is 9.98. The number of carbonyl (C=O) groups excluding carboxylic acids is 2. The zero-order chi connectivity index (χ0) is 24.0. The molecule has 0 aliphatic carbocycles. The molecule has 34 heavy (non-hydrogen) atoms. The summed E-state index contributed by atoms with van der Waals surface area (Å²) in [5.74, 6) is -0.298. The van der Waals surface area contributed by atoms with Crippen molar-refractivity contribution < 1.29 is 18.7 Å². The van der Waals surface area contributed by atoms with Gasteiger partial charge in [-0.05, 0) is 49.7 Å². The number of nitrogens with zero attached hydrogens (tertiary/aromatic N) is 3. The smallest absolute Gasteiger partial charge is 0.265 e. The minimum Gasteiger partial charge on any atom is -0.482 e. The number of benzene rings is 2. The van der Waals surface area contributed by atoms with E-state index in [-0.39, 0.29) is 29.7 Å². The third kappa shape index (κ3) is 3.58. The van der Waals surface area contributed by atoms with E-state index in [1.165, 1.54) is 34.4 Å². The van der Waals surface area contributed by atoms with Crippen LogP contribution in [0.3, 0.4) is 0 Å². The molecular weight excluding hydrogens is 457 g/mol. The van der Waals surface area contributed by atoms with E-state index in [2.05, 4.69) is 4.98 Å². The van der Waals surface area contributed by atoms with Crippen molar-refractivity contribution in [1.29, 1.82) is 0 Å². The summed E-state index contributed by atoms with van der Waals surface area (Å²) < 4.78 is 20.2. The Bertz CT molecular complexity index is 1490. The summed E-state index contributed by atoms with van der Waals surface area (Å²) in [6.07, 6.45) is 1.38. The summed E-state index contributed by atoms with van der Waals surface area (Å²) in [6.45, 7) is 3.90. The molecule has 0 fully saturated rings. The number of carbonyl (C=O) groups is 2. The maximum Gasteiger partial charge on any atom is 0.265 e. The van der Waals surface area contributed by atoms with E-state index in [4.69, 9.17) is 4.74 Å². The minimum absolute atomic E-state index is 0.0390. The molecule has 1 aliphatic heterocycles. The second kappa shape index (κ2) is 8.49. The Labute approximate surface area is 198 Å². The molecule has 1 amide bonds. The van der Waals surface area contributed by atoms with Crippen molar-refractivity contribution in [3.8, 4) is 16.9 Å². The van der Waals surface area contributed by atoms with Crippen LogP contribution in [0, 0.1) is 5.82 Å². The number of rotatable bonds is 5. The third-order valence-electron chi connectivity index (χ3n) is 5.97. The first-order chi connectivity index (χ1) is 16.4. The third-order valence-corrected chi connectivity index (χ3v) is 6.86. The second-order valence-corrected chi connectivity index (χ2v) is 8.80. The molecule has 1 aliphatic rings. The number of halogens is 1. The molecule has 1 unspecified atom stereocenters. The van der Waals surface area contributed by atoms with Gasteiger partial charge in [0.2, 0.25) is 0 Å². The first-order valence-electron chi connectivity index (χ1n) is 10.7. The van der Waals surface area contributed by atoms with Gasteiger partial charge in [-0.15, -0.1) is 11.3 Å². The zero-order valence-corrected chi connectivity index (χ0v) is 19.3. The Morgan fingerprint density at radius 3 is 2.71 bits per heavy atom. The maximum absolute atomic E-state index is 13.4. The Morgan fingerprint density at radius 2 is 1.97 bits per heavy atom. The molecule has 0 N–H and O–H groups in total. The number of amides is 1. The number of fused-ring (bicyclic) bond motifs is 2. The van der Waals surface area contributed by atoms with Gasteiger partial charge in [-0.3, -0.25) is 19.0 Å². The van der Waals surface area contributed by atoms with Crippen LogP contribution in [-0.2, 0) is 4.79 Å². The number of likely N-dealkylation sites (N-methyl/N-ethyl adjacent to an activating group) is 1. The number of hydrogen-bond donors (Lipinski definition) is 0. The molecule has 7 nitrogen and oxygen atoms in total. The zero-order valence-electron chi connectivity index (χ0n) is 18.4. The normalized spacial score (nSPS) is 14.1. The van der Waals surface area contributed by atoms with E-state index in [9.17, 15) is 18.8 Å². The van der Waals surface area contributed by atoms with Gasteiger partial charge in [-0.2, -0.15) is 0 Å². The molecule has 172 valence electrons. The van der Waals surface area contributed by atoms with Crippen LogP contribution in [0.15, 0.2) is 59.0 Å². The van der Waals surface area contributed by atoms with Crippen molar-refractivity contribution in [1.82, 2.24) is 9.55 Å². The highest BCUT2D eigenvalue weighted by atomic mass is 32.1. The van der Waals surface area contributed by atoms with Crippen molar-refractivity contribution in [2.75, 3.05) is 18.1 Å². The van der Waals surface area contributed by atoms with Crippen molar-refractivity contribution >= 4 is 38.9 Å². The molecule has 4 aromatic rings. The Kier molecular flexibility index (Phi) is 5.49. The number of ketones is 1. The van der Waals surface area contributed by atoms with E-state index >= 15 is 0 Å². The van der Waals surface area contributed by atoms with Gasteiger partial charge >= 0.3 is 0 Å². The fourth-order valence-electron chi connectivity index (χ4n) is 4.13. The molecule has 5 rings (SSSR count). The van der Waals surface area contributed by atoms with Gasteiger partial charge < -0.3 is 9.64 Å². The standard InChI is InChI=1S/C25H20FN3O4S/c1-3-28-19-10-16(6-9-20(19)33-11-21(28)30)23(31)14(2)29-13-27-24-22(25(29)32)18(12-34-24)15-4-7-17(26)8-5-15/h4-10,12-14H,3,11H2,1-2H3. The monoisotopic (exact) mass is 477 g/mol. The van der Waals surface area contributed by atoms with Gasteiger partial charge in [0.05, 0.1) is 23.4 Å². The summed E-state index contributed by atoms with van der Waals surface area (Å²) in [5, 5.41) is 2.20. The minimum atomic E-state index is -0.835. The first-order valence-corrected chi connectivity index (χ1v) is 11.6. The predicted octanol–water partition coefficient (Wildman–Crippen LogP) is 4.45. The average Bonchev–Trinajstić information content (AvgIpc) is 3.28. The summed E-state index contributed by atoms with van der Waals surface area (Å²) in [5.41, 5.74) is 1.89. The van der Waals surface area contributed by atoms with E-state index < -0.39 is 6.04 Å². The fraction of sp³-hybridized carbons (Fsp3) is 0.200. The molecule has 9 heteroatoms. The Morgan fingerprint density at radius 1 is 1.21 bits per heavy atom. The number of thiophene rings is 1. The van der Waals surface area contributed by atoms with Crippen LogP contribution < -0.4 is 15.2 Å². The summed E-state index contributed by atoms with van der Waals surface area (Å²) in [4.78, 5) is 45.5. The van der Waals surface area contributed by atoms with Crippen LogP contribution in [0.1, 0.15) is 30.2 Å². The summed E-state index contributed by atoms with van der Waals surface area (Å²) in [7, 11) is 0. The van der Waals surface area contributed by atoms with Crippen LogP contribution in [0.2, 0.25) is 0 Å². The van der Waals surface area contributed by atoms with Crippen molar-refractivity contribution in [2.24, 2.45) is 0 Å². The molecule has 0 bridgehead atoms. The number of aromatic nitrogens is 2. The molecule has 0 radical (unpaired) electrons. The van der Waals surface area contributed by atoms with Crippen LogP contribution in [0.25, 0.3) is 21.3 Å². The number of Topliss-reactive ketones (excluding diaryl/α,β-unsaturated/α-hetero) is 1. The number of ether oxygens (including phenoxy) is 1.